The van der Waals surface area contributed by atoms with E-state index in [-0.39, 0.29) is 17.6 Å². The number of benzene rings is 2. The molecule has 0 spiro atoms. The third-order valence-corrected chi connectivity index (χ3v) is 5.01. The van der Waals surface area contributed by atoms with Gasteiger partial charge in [0.2, 0.25) is 5.91 Å². The van der Waals surface area contributed by atoms with E-state index in [2.05, 4.69) is 15.7 Å². The normalized spacial score (nSPS) is 12.5. The van der Waals surface area contributed by atoms with Crippen molar-refractivity contribution in [1.29, 1.82) is 0 Å². The summed E-state index contributed by atoms with van der Waals surface area (Å²) in [5.74, 6) is -0.688. The van der Waals surface area contributed by atoms with Gasteiger partial charge in [0.25, 0.3) is 5.91 Å². The zero-order chi connectivity index (χ0) is 22.8. The zero-order valence-electron chi connectivity index (χ0n) is 17.6. The Hall–Kier alpha value is -4.27. The fourth-order valence-corrected chi connectivity index (χ4v) is 3.60. The van der Waals surface area contributed by atoms with Crippen LogP contribution in [-0.2, 0) is 11.2 Å². The van der Waals surface area contributed by atoms with Crippen LogP contribution >= 0.6 is 0 Å². The van der Waals surface area contributed by atoms with E-state index in [1.165, 1.54) is 10.8 Å². The number of carbonyl (C=O) groups is 2. The molecule has 0 saturated heterocycles. The Morgan fingerprint density at radius 1 is 1.22 bits per heavy atom. The summed E-state index contributed by atoms with van der Waals surface area (Å²) in [5, 5.41) is 21.4. The SMILES string of the molecule is CC(C)=CC(=O)Nc1cccc(-n2cc(-c3ccc4c(c3)CCNC4=O)c([N+](=O)[O-])n2)c1. The van der Waals surface area contributed by atoms with Crippen molar-refractivity contribution in [2.45, 2.75) is 20.3 Å². The molecule has 9 nitrogen and oxygen atoms in total. The van der Waals surface area contributed by atoms with Crippen LogP contribution in [0.4, 0.5) is 11.5 Å². The summed E-state index contributed by atoms with van der Waals surface area (Å²) in [6.07, 6.45) is 3.73. The first kappa shape index (κ1) is 21.0. The first-order valence-electron chi connectivity index (χ1n) is 10.0. The molecule has 32 heavy (non-hydrogen) atoms. The summed E-state index contributed by atoms with van der Waals surface area (Å²) in [4.78, 5) is 35.2. The topological polar surface area (TPSA) is 119 Å². The Morgan fingerprint density at radius 2 is 2.03 bits per heavy atom. The maximum atomic E-state index is 12.0. The molecule has 162 valence electrons. The Labute approximate surface area is 183 Å². The number of carbonyl (C=O) groups excluding carboxylic acids is 2. The second kappa shape index (κ2) is 8.46. The fraction of sp³-hybridized carbons (Fsp3) is 0.174. The highest BCUT2D eigenvalue weighted by molar-refractivity contribution is 6.00. The lowest BCUT2D eigenvalue weighted by Crippen LogP contribution is -2.31. The van der Waals surface area contributed by atoms with Crippen molar-refractivity contribution in [2.75, 3.05) is 11.9 Å². The van der Waals surface area contributed by atoms with Gasteiger partial charge in [0.15, 0.2) is 0 Å². The van der Waals surface area contributed by atoms with Crippen LogP contribution in [0, 0.1) is 10.1 Å². The molecular weight excluding hydrogens is 410 g/mol. The molecule has 3 aromatic rings. The quantitative estimate of drug-likeness (QED) is 0.363. The summed E-state index contributed by atoms with van der Waals surface area (Å²) in [6, 6.07) is 12.1. The largest absolute Gasteiger partial charge is 0.398 e. The average molecular weight is 431 g/mol. The van der Waals surface area contributed by atoms with Gasteiger partial charge in [0.05, 0.1) is 17.0 Å². The molecule has 1 aliphatic rings. The minimum absolute atomic E-state index is 0.144. The Kier molecular flexibility index (Phi) is 5.55. The maximum absolute atomic E-state index is 12.0. The monoisotopic (exact) mass is 431 g/mol. The van der Waals surface area contributed by atoms with Gasteiger partial charge in [-0.05, 0) is 66.7 Å². The molecule has 0 radical (unpaired) electrons. The molecular formula is C23H21N5O4. The standard InChI is InChI=1S/C23H21N5O4/c1-14(2)10-21(29)25-17-4-3-5-18(12-17)27-13-20(22(26-27)28(31)32)15-6-7-19-16(11-15)8-9-24-23(19)30/h3-7,10-13H,8-9H2,1-2H3,(H,24,30)(H,25,29). The molecule has 2 amide bonds. The lowest BCUT2D eigenvalue weighted by molar-refractivity contribution is -0.389. The van der Waals surface area contributed by atoms with Crippen molar-refractivity contribution < 1.29 is 14.5 Å². The van der Waals surface area contributed by atoms with E-state index in [1.54, 1.807) is 48.7 Å². The molecule has 0 aliphatic carbocycles. The van der Waals surface area contributed by atoms with Gasteiger partial charge in [-0.2, -0.15) is 0 Å². The summed E-state index contributed by atoms with van der Waals surface area (Å²) in [6.45, 7) is 4.18. The molecule has 9 heteroatoms. The first-order chi connectivity index (χ1) is 15.3. The molecule has 0 fully saturated rings. The molecule has 0 atom stereocenters. The molecule has 1 aromatic heterocycles. The average Bonchev–Trinajstić information content (AvgIpc) is 3.19. The van der Waals surface area contributed by atoms with Crippen LogP contribution in [0.15, 0.2) is 60.3 Å². The van der Waals surface area contributed by atoms with E-state index >= 15 is 0 Å². The number of nitrogens with zero attached hydrogens (tertiary/aromatic N) is 3. The first-order valence-corrected chi connectivity index (χ1v) is 10.0. The number of nitro groups is 1. The van der Waals surface area contributed by atoms with Gasteiger partial charge >= 0.3 is 5.82 Å². The molecule has 2 heterocycles. The van der Waals surface area contributed by atoms with Gasteiger partial charge in [0, 0.05) is 23.9 Å². The molecule has 1 aliphatic heterocycles. The second-order valence-corrected chi connectivity index (χ2v) is 7.71. The van der Waals surface area contributed by atoms with Gasteiger partial charge in [-0.25, -0.2) is 0 Å². The molecule has 0 unspecified atom stereocenters. The van der Waals surface area contributed by atoms with E-state index in [4.69, 9.17) is 0 Å². The lowest BCUT2D eigenvalue weighted by Gasteiger charge is -2.16. The summed E-state index contributed by atoms with van der Waals surface area (Å²) >= 11 is 0. The van der Waals surface area contributed by atoms with Gasteiger partial charge in [0.1, 0.15) is 5.56 Å². The second-order valence-electron chi connectivity index (χ2n) is 7.71. The van der Waals surface area contributed by atoms with Crippen LogP contribution in [0.3, 0.4) is 0 Å². The van der Waals surface area contributed by atoms with Crippen LogP contribution in [0.1, 0.15) is 29.8 Å². The number of hydrogen-bond acceptors (Lipinski definition) is 5. The van der Waals surface area contributed by atoms with Gasteiger partial charge in [-0.1, -0.05) is 17.7 Å². The number of fused-ring (bicyclic) bond motifs is 1. The predicted octanol–water partition coefficient (Wildman–Crippen LogP) is 3.64. The van der Waals surface area contributed by atoms with Crippen LogP contribution in [-0.4, -0.2) is 33.1 Å². The summed E-state index contributed by atoms with van der Waals surface area (Å²) in [5.41, 5.74) is 4.36. The van der Waals surface area contributed by atoms with Gasteiger partial charge in [-0.15, -0.1) is 4.68 Å². The fourth-order valence-electron chi connectivity index (χ4n) is 3.60. The van der Waals surface area contributed by atoms with Gasteiger partial charge in [-0.3, -0.25) is 9.59 Å². The summed E-state index contributed by atoms with van der Waals surface area (Å²) in [7, 11) is 0. The maximum Gasteiger partial charge on any atom is 0.398 e. The highest BCUT2D eigenvalue weighted by Gasteiger charge is 2.25. The van der Waals surface area contributed by atoms with Crippen LogP contribution < -0.4 is 10.6 Å². The minimum atomic E-state index is -0.529. The number of anilines is 1. The van der Waals surface area contributed by atoms with E-state index in [0.717, 1.165) is 11.1 Å². The van der Waals surface area contributed by atoms with Crippen LogP contribution in [0.2, 0.25) is 0 Å². The third kappa shape index (κ3) is 4.27. The van der Waals surface area contributed by atoms with Crippen molar-refractivity contribution >= 4 is 23.3 Å². The van der Waals surface area contributed by atoms with Crippen LogP contribution in [0.25, 0.3) is 16.8 Å². The highest BCUT2D eigenvalue weighted by atomic mass is 16.6. The molecule has 4 rings (SSSR count). The van der Waals surface area contributed by atoms with E-state index in [9.17, 15) is 19.7 Å². The number of hydrogen-bond donors (Lipinski definition) is 2. The Balaban J connectivity index is 1.71. The van der Waals surface area contributed by atoms with Crippen molar-refractivity contribution in [1.82, 2.24) is 15.1 Å². The van der Waals surface area contributed by atoms with E-state index in [1.807, 2.05) is 13.8 Å². The van der Waals surface area contributed by atoms with Crippen molar-refractivity contribution in [3.8, 4) is 16.8 Å². The molecule has 2 aromatic carbocycles. The number of rotatable bonds is 5. The zero-order valence-corrected chi connectivity index (χ0v) is 17.6. The third-order valence-electron chi connectivity index (χ3n) is 5.01. The van der Waals surface area contributed by atoms with E-state index < -0.39 is 4.92 Å². The predicted molar refractivity (Wildman–Crippen MR) is 120 cm³/mol. The number of aromatic nitrogens is 2. The highest BCUT2D eigenvalue weighted by Crippen LogP contribution is 2.32. The number of nitrogens with one attached hydrogen (secondary N) is 2. The van der Waals surface area contributed by atoms with Crippen molar-refractivity contribution in [2.24, 2.45) is 0 Å². The molecule has 2 N–H and O–H groups in total. The summed E-state index contributed by atoms with van der Waals surface area (Å²) < 4.78 is 1.41. The molecule has 0 saturated carbocycles. The number of amides is 2. The van der Waals surface area contributed by atoms with E-state index in [0.29, 0.717) is 41.0 Å². The van der Waals surface area contributed by atoms with Gasteiger partial charge < -0.3 is 20.7 Å². The van der Waals surface area contributed by atoms with Crippen molar-refractivity contribution in [3.05, 3.63) is 81.6 Å². The number of allylic oxidation sites excluding steroid dienone is 1. The smallest absolute Gasteiger partial charge is 0.358 e. The lowest BCUT2D eigenvalue weighted by atomic mass is 9.96. The minimum Gasteiger partial charge on any atom is -0.358 e. The van der Waals surface area contributed by atoms with Crippen LogP contribution in [0.5, 0.6) is 0 Å². The Bertz CT molecular complexity index is 1270. The molecule has 0 bridgehead atoms. The van der Waals surface area contributed by atoms with Crippen molar-refractivity contribution in [3.63, 3.8) is 0 Å². The Morgan fingerprint density at radius 3 is 2.78 bits per heavy atom.